The minimum absolute atomic E-state index is 0.0454. The number of methoxy groups -OCH3 is 1. The number of thiazole rings is 1. The molecule has 0 bridgehead atoms. The Labute approximate surface area is 232 Å². The van der Waals surface area contributed by atoms with E-state index in [9.17, 15) is 19.7 Å². The zero-order valence-electron chi connectivity index (χ0n) is 22.2. The van der Waals surface area contributed by atoms with Crippen LogP contribution in [0.1, 0.15) is 36.8 Å². The average Bonchev–Trinajstić information content (AvgIpc) is 3.52. The van der Waals surface area contributed by atoms with Crippen LogP contribution in [0.15, 0.2) is 80.1 Å². The van der Waals surface area contributed by atoms with Gasteiger partial charge in [-0.05, 0) is 44.5 Å². The van der Waals surface area contributed by atoms with Gasteiger partial charge in [-0.3, -0.25) is 19.5 Å². The predicted octanol–water partition coefficient (Wildman–Crippen LogP) is 4.28. The number of allylic oxidation sites excluding steroid dienone is 1. The van der Waals surface area contributed by atoms with E-state index >= 15 is 0 Å². The highest BCUT2D eigenvalue weighted by molar-refractivity contribution is 7.07. The summed E-state index contributed by atoms with van der Waals surface area (Å²) in [4.78, 5) is 42.7. The van der Waals surface area contributed by atoms with Gasteiger partial charge in [0.2, 0.25) is 0 Å². The zero-order chi connectivity index (χ0) is 28.6. The number of furan rings is 1. The van der Waals surface area contributed by atoms with Gasteiger partial charge < -0.3 is 13.9 Å². The molecule has 0 N–H and O–H groups in total. The number of aromatic nitrogens is 1. The second kappa shape index (κ2) is 10.8. The third kappa shape index (κ3) is 4.75. The summed E-state index contributed by atoms with van der Waals surface area (Å²) in [5.74, 6) is 0.785. The number of hydrogen-bond acceptors (Lipinski definition) is 9. The summed E-state index contributed by atoms with van der Waals surface area (Å²) >= 11 is 1.17. The predicted molar refractivity (Wildman–Crippen MR) is 149 cm³/mol. The second-order valence-electron chi connectivity index (χ2n) is 9.00. The molecule has 0 aliphatic carbocycles. The molecule has 0 unspecified atom stereocenters. The third-order valence-corrected chi connectivity index (χ3v) is 7.53. The second-order valence-corrected chi connectivity index (χ2v) is 10.0. The quantitative estimate of drug-likeness (QED) is 0.188. The van der Waals surface area contributed by atoms with Crippen molar-refractivity contribution >= 4 is 29.1 Å². The Morgan fingerprint density at radius 2 is 1.98 bits per heavy atom. The molecule has 2 aromatic heterocycles. The highest BCUT2D eigenvalue weighted by Gasteiger charge is 2.35. The number of benzene rings is 2. The molecule has 5 rings (SSSR count). The number of rotatable bonds is 7. The molecular formula is C29H25N3O7S. The van der Waals surface area contributed by atoms with Crippen molar-refractivity contribution in [3.05, 3.63) is 113 Å². The van der Waals surface area contributed by atoms with Crippen LogP contribution in [0.25, 0.3) is 17.4 Å². The summed E-state index contributed by atoms with van der Waals surface area (Å²) in [6.45, 7) is 5.43. The van der Waals surface area contributed by atoms with Gasteiger partial charge in [-0.1, -0.05) is 35.6 Å². The molecule has 4 aromatic rings. The summed E-state index contributed by atoms with van der Waals surface area (Å²) in [5.41, 5.74) is 2.31. The Morgan fingerprint density at radius 1 is 1.20 bits per heavy atom. The minimum atomic E-state index is -0.812. The van der Waals surface area contributed by atoms with Crippen molar-refractivity contribution in [2.75, 3.05) is 13.7 Å². The van der Waals surface area contributed by atoms with Crippen molar-refractivity contribution in [3.8, 4) is 17.1 Å². The molecule has 204 valence electrons. The van der Waals surface area contributed by atoms with E-state index in [1.807, 2.05) is 19.1 Å². The van der Waals surface area contributed by atoms with Gasteiger partial charge in [0, 0.05) is 29.3 Å². The van der Waals surface area contributed by atoms with Crippen LogP contribution in [0.4, 0.5) is 5.69 Å². The first kappa shape index (κ1) is 26.8. The SMILES string of the molecule is CCOC(=O)C1=C(C)N=c2s/c(=C\c3ccc(-c4cc([N+](=O)[O-])ccc4C)o3)c(=O)n2[C@H]1c1ccccc1OC. The smallest absolute Gasteiger partial charge is 0.338 e. The summed E-state index contributed by atoms with van der Waals surface area (Å²) in [7, 11) is 1.53. The van der Waals surface area contributed by atoms with Gasteiger partial charge in [0.1, 0.15) is 23.3 Å². The lowest BCUT2D eigenvalue weighted by molar-refractivity contribution is -0.384. The molecule has 1 aliphatic heterocycles. The third-order valence-electron chi connectivity index (χ3n) is 6.55. The van der Waals surface area contributed by atoms with Gasteiger partial charge in [0.25, 0.3) is 11.2 Å². The molecule has 0 saturated carbocycles. The van der Waals surface area contributed by atoms with Crippen LogP contribution in [0.2, 0.25) is 0 Å². The van der Waals surface area contributed by atoms with Crippen molar-refractivity contribution < 1.29 is 23.6 Å². The Morgan fingerprint density at radius 3 is 2.70 bits per heavy atom. The number of nitrogens with zero attached hydrogens (tertiary/aromatic N) is 3. The maximum Gasteiger partial charge on any atom is 0.338 e. The molecule has 1 aliphatic rings. The molecule has 3 heterocycles. The molecule has 0 saturated heterocycles. The van der Waals surface area contributed by atoms with Gasteiger partial charge in [-0.25, -0.2) is 9.79 Å². The lowest BCUT2D eigenvalue weighted by atomic mass is 9.95. The first-order chi connectivity index (χ1) is 19.2. The normalized spacial score (nSPS) is 15.0. The molecule has 0 fully saturated rings. The summed E-state index contributed by atoms with van der Waals surface area (Å²) in [6.07, 6.45) is 1.60. The number of carbonyl (C=O) groups is 1. The number of non-ortho nitro benzene ring substituents is 1. The van der Waals surface area contributed by atoms with Crippen molar-refractivity contribution in [1.29, 1.82) is 0 Å². The van der Waals surface area contributed by atoms with E-state index in [0.29, 0.717) is 43.4 Å². The molecule has 11 heteroatoms. The number of esters is 1. The molecule has 1 atom stereocenters. The zero-order valence-corrected chi connectivity index (χ0v) is 23.0. The van der Waals surface area contributed by atoms with Crippen LogP contribution in [-0.2, 0) is 9.53 Å². The van der Waals surface area contributed by atoms with E-state index in [1.54, 1.807) is 50.3 Å². The Bertz CT molecular complexity index is 1860. The standard InChI is InChI=1S/C29H25N3O7S/c1-5-38-28(34)25-17(3)30-29-31(26(25)20-8-6-7-9-22(20)37-4)27(33)24(40-29)15-19-12-13-23(39-19)21-14-18(32(35)36)11-10-16(21)2/h6-15,26H,5H2,1-4H3/b24-15-/t26-/m0/s1. The van der Waals surface area contributed by atoms with E-state index in [-0.39, 0.29) is 23.4 Å². The van der Waals surface area contributed by atoms with Gasteiger partial charge >= 0.3 is 5.97 Å². The molecule has 0 spiro atoms. The Kier molecular flexibility index (Phi) is 7.22. The van der Waals surface area contributed by atoms with Crippen LogP contribution in [0.3, 0.4) is 0 Å². The lowest BCUT2D eigenvalue weighted by Gasteiger charge is -2.25. The number of carbonyl (C=O) groups excluding carboxylic acids is 1. The maximum absolute atomic E-state index is 13.8. The van der Waals surface area contributed by atoms with Crippen LogP contribution >= 0.6 is 11.3 Å². The van der Waals surface area contributed by atoms with Crippen LogP contribution < -0.4 is 19.6 Å². The van der Waals surface area contributed by atoms with Crippen molar-refractivity contribution in [2.24, 2.45) is 4.99 Å². The minimum Gasteiger partial charge on any atom is -0.496 e. The van der Waals surface area contributed by atoms with E-state index < -0.39 is 16.9 Å². The van der Waals surface area contributed by atoms with Gasteiger partial charge in [0.05, 0.1) is 34.4 Å². The first-order valence-electron chi connectivity index (χ1n) is 12.4. The fourth-order valence-corrected chi connectivity index (χ4v) is 5.70. The topological polar surface area (TPSA) is 126 Å². The number of fused-ring (bicyclic) bond motifs is 1. The Hall–Kier alpha value is -4.77. The number of aryl methyl sites for hydroxylation is 1. The van der Waals surface area contributed by atoms with Gasteiger partial charge in [0.15, 0.2) is 4.80 Å². The number of nitro groups is 1. The summed E-state index contributed by atoms with van der Waals surface area (Å²) in [5, 5.41) is 11.3. The van der Waals surface area contributed by atoms with Crippen molar-refractivity contribution in [3.63, 3.8) is 0 Å². The lowest BCUT2D eigenvalue weighted by Crippen LogP contribution is -2.40. The first-order valence-corrected chi connectivity index (χ1v) is 13.2. The van der Waals surface area contributed by atoms with E-state index in [0.717, 1.165) is 5.56 Å². The Balaban J connectivity index is 1.65. The monoisotopic (exact) mass is 559 g/mol. The van der Waals surface area contributed by atoms with Crippen LogP contribution in [0, 0.1) is 17.0 Å². The summed E-state index contributed by atoms with van der Waals surface area (Å²) < 4.78 is 18.7. The number of ether oxygens (including phenoxy) is 2. The van der Waals surface area contributed by atoms with Crippen LogP contribution in [-0.4, -0.2) is 29.2 Å². The van der Waals surface area contributed by atoms with E-state index in [4.69, 9.17) is 13.9 Å². The molecule has 40 heavy (non-hydrogen) atoms. The fraction of sp³-hybridized carbons (Fsp3) is 0.207. The van der Waals surface area contributed by atoms with E-state index in [2.05, 4.69) is 4.99 Å². The highest BCUT2D eigenvalue weighted by atomic mass is 32.1. The van der Waals surface area contributed by atoms with E-state index in [1.165, 1.54) is 35.1 Å². The van der Waals surface area contributed by atoms with Crippen molar-refractivity contribution in [1.82, 2.24) is 4.57 Å². The van der Waals surface area contributed by atoms with Gasteiger partial charge in [-0.2, -0.15) is 0 Å². The van der Waals surface area contributed by atoms with Gasteiger partial charge in [-0.15, -0.1) is 0 Å². The molecule has 2 aromatic carbocycles. The number of para-hydroxylation sites is 1. The number of hydrogen-bond donors (Lipinski definition) is 0. The molecule has 0 amide bonds. The largest absolute Gasteiger partial charge is 0.496 e. The molecular weight excluding hydrogens is 534 g/mol. The summed E-state index contributed by atoms with van der Waals surface area (Å²) in [6, 6.07) is 14.3. The van der Waals surface area contributed by atoms with Crippen LogP contribution in [0.5, 0.6) is 5.75 Å². The van der Waals surface area contributed by atoms with Crippen molar-refractivity contribution in [2.45, 2.75) is 26.8 Å². The number of nitro benzene ring substituents is 1. The fourth-order valence-electron chi connectivity index (χ4n) is 4.67. The highest BCUT2D eigenvalue weighted by Crippen LogP contribution is 2.35. The molecule has 0 radical (unpaired) electrons. The average molecular weight is 560 g/mol. The molecule has 10 nitrogen and oxygen atoms in total. The maximum atomic E-state index is 13.8.